The SMILES string of the molecule is C=CCCC(=O)NCCc1ccccc1C(=O)O. The van der Waals surface area contributed by atoms with Crippen molar-refractivity contribution in [3.63, 3.8) is 0 Å². The molecule has 0 saturated heterocycles. The Morgan fingerprint density at radius 1 is 1.33 bits per heavy atom. The fraction of sp³-hybridized carbons (Fsp3) is 0.286. The standard InChI is InChI=1S/C14H17NO3/c1-2-3-8-13(16)15-10-9-11-6-4-5-7-12(11)14(17)18/h2,4-7H,1,3,8-10H2,(H,15,16)(H,17,18). The molecule has 1 aromatic carbocycles. The summed E-state index contributed by atoms with van der Waals surface area (Å²) in [6, 6.07) is 6.81. The molecule has 0 spiro atoms. The molecule has 96 valence electrons. The van der Waals surface area contributed by atoms with Crippen molar-refractivity contribution in [3.8, 4) is 0 Å². The Balaban J connectivity index is 2.46. The Bertz CT molecular complexity index is 440. The maximum atomic E-state index is 11.3. The van der Waals surface area contributed by atoms with Crippen LogP contribution >= 0.6 is 0 Å². The van der Waals surface area contributed by atoms with E-state index in [1.807, 2.05) is 0 Å². The lowest BCUT2D eigenvalue weighted by atomic mass is 10.0. The molecule has 18 heavy (non-hydrogen) atoms. The van der Waals surface area contributed by atoms with E-state index in [1.165, 1.54) is 0 Å². The van der Waals surface area contributed by atoms with E-state index in [9.17, 15) is 9.59 Å². The smallest absolute Gasteiger partial charge is 0.335 e. The first kappa shape index (κ1) is 14.0. The molecule has 0 unspecified atom stereocenters. The first-order chi connectivity index (χ1) is 8.65. The first-order valence-electron chi connectivity index (χ1n) is 5.84. The van der Waals surface area contributed by atoms with Crippen LogP contribution < -0.4 is 5.32 Å². The minimum atomic E-state index is -0.941. The van der Waals surface area contributed by atoms with E-state index in [4.69, 9.17) is 5.11 Å². The monoisotopic (exact) mass is 247 g/mol. The molecule has 0 fully saturated rings. The highest BCUT2D eigenvalue weighted by atomic mass is 16.4. The van der Waals surface area contributed by atoms with Crippen LogP contribution in [0.4, 0.5) is 0 Å². The Morgan fingerprint density at radius 3 is 2.72 bits per heavy atom. The van der Waals surface area contributed by atoms with Crippen molar-refractivity contribution in [3.05, 3.63) is 48.0 Å². The van der Waals surface area contributed by atoms with Crippen molar-refractivity contribution >= 4 is 11.9 Å². The summed E-state index contributed by atoms with van der Waals surface area (Å²) in [6.07, 6.45) is 3.28. The largest absolute Gasteiger partial charge is 0.478 e. The van der Waals surface area contributed by atoms with Gasteiger partial charge >= 0.3 is 5.97 Å². The van der Waals surface area contributed by atoms with Crippen LogP contribution in [0.25, 0.3) is 0 Å². The zero-order chi connectivity index (χ0) is 13.4. The molecule has 0 radical (unpaired) electrons. The van der Waals surface area contributed by atoms with Gasteiger partial charge in [0.2, 0.25) is 5.91 Å². The number of carbonyl (C=O) groups excluding carboxylic acids is 1. The van der Waals surface area contributed by atoms with Gasteiger partial charge in [0.25, 0.3) is 0 Å². The average Bonchev–Trinajstić information content (AvgIpc) is 2.36. The van der Waals surface area contributed by atoms with Gasteiger partial charge in [-0.1, -0.05) is 24.3 Å². The molecule has 0 saturated carbocycles. The minimum Gasteiger partial charge on any atom is -0.478 e. The molecule has 0 atom stereocenters. The molecule has 1 rings (SSSR count). The molecule has 0 aliphatic heterocycles. The van der Waals surface area contributed by atoms with Crippen LogP contribution in [0, 0.1) is 0 Å². The van der Waals surface area contributed by atoms with E-state index in [1.54, 1.807) is 30.3 Å². The molecular weight excluding hydrogens is 230 g/mol. The number of nitrogens with one attached hydrogen (secondary N) is 1. The number of allylic oxidation sites excluding steroid dienone is 1. The van der Waals surface area contributed by atoms with Crippen LogP contribution in [0.15, 0.2) is 36.9 Å². The molecule has 0 heterocycles. The van der Waals surface area contributed by atoms with Gasteiger partial charge in [-0.3, -0.25) is 4.79 Å². The summed E-state index contributed by atoms with van der Waals surface area (Å²) < 4.78 is 0. The summed E-state index contributed by atoms with van der Waals surface area (Å²) in [6.45, 7) is 3.99. The van der Waals surface area contributed by atoms with Crippen molar-refractivity contribution in [2.24, 2.45) is 0 Å². The molecule has 4 nitrogen and oxygen atoms in total. The molecule has 0 aliphatic carbocycles. The highest BCUT2D eigenvalue weighted by molar-refractivity contribution is 5.89. The van der Waals surface area contributed by atoms with E-state index < -0.39 is 5.97 Å². The van der Waals surface area contributed by atoms with Crippen LogP contribution in [-0.2, 0) is 11.2 Å². The third-order valence-corrected chi connectivity index (χ3v) is 2.54. The van der Waals surface area contributed by atoms with Gasteiger partial charge in [0.05, 0.1) is 5.56 Å². The number of benzene rings is 1. The molecule has 0 bridgehead atoms. The van der Waals surface area contributed by atoms with Crippen LogP contribution in [-0.4, -0.2) is 23.5 Å². The van der Waals surface area contributed by atoms with Gasteiger partial charge in [0.1, 0.15) is 0 Å². The van der Waals surface area contributed by atoms with Crippen molar-refractivity contribution in [1.29, 1.82) is 0 Å². The molecule has 4 heteroatoms. The van der Waals surface area contributed by atoms with Crippen LogP contribution in [0.3, 0.4) is 0 Å². The third-order valence-electron chi connectivity index (χ3n) is 2.54. The fourth-order valence-electron chi connectivity index (χ4n) is 1.61. The Morgan fingerprint density at radius 2 is 2.06 bits per heavy atom. The molecular formula is C14H17NO3. The minimum absolute atomic E-state index is 0.0392. The first-order valence-corrected chi connectivity index (χ1v) is 5.84. The van der Waals surface area contributed by atoms with Gasteiger partial charge in [-0.25, -0.2) is 4.79 Å². The number of aromatic carboxylic acids is 1. The quantitative estimate of drug-likeness (QED) is 0.724. The fourth-order valence-corrected chi connectivity index (χ4v) is 1.61. The highest BCUT2D eigenvalue weighted by Gasteiger charge is 2.08. The molecule has 2 N–H and O–H groups in total. The number of hydrogen-bond donors (Lipinski definition) is 2. The summed E-state index contributed by atoms with van der Waals surface area (Å²) >= 11 is 0. The van der Waals surface area contributed by atoms with Gasteiger partial charge in [0.15, 0.2) is 0 Å². The van der Waals surface area contributed by atoms with Crippen LogP contribution in [0.2, 0.25) is 0 Å². The van der Waals surface area contributed by atoms with Gasteiger partial charge in [0, 0.05) is 13.0 Å². The lowest BCUT2D eigenvalue weighted by Gasteiger charge is -2.07. The molecule has 0 aliphatic rings. The maximum Gasteiger partial charge on any atom is 0.335 e. The van der Waals surface area contributed by atoms with E-state index in [0.29, 0.717) is 25.8 Å². The second-order valence-electron chi connectivity index (χ2n) is 3.89. The third kappa shape index (κ3) is 4.41. The van der Waals surface area contributed by atoms with Gasteiger partial charge in [-0.2, -0.15) is 0 Å². The zero-order valence-corrected chi connectivity index (χ0v) is 10.2. The predicted molar refractivity (Wildman–Crippen MR) is 69.5 cm³/mol. The number of amides is 1. The number of rotatable bonds is 7. The highest BCUT2D eigenvalue weighted by Crippen LogP contribution is 2.08. The number of carbonyl (C=O) groups is 2. The maximum absolute atomic E-state index is 11.3. The van der Waals surface area contributed by atoms with E-state index >= 15 is 0 Å². The van der Waals surface area contributed by atoms with Crippen LogP contribution in [0.1, 0.15) is 28.8 Å². The van der Waals surface area contributed by atoms with Gasteiger partial charge < -0.3 is 10.4 Å². The van der Waals surface area contributed by atoms with E-state index in [2.05, 4.69) is 11.9 Å². The Kier molecular flexibility index (Phi) is 5.64. The van der Waals surface area contributed by atoms with Crippen molar-refractivity contribution in [2.45, 2.75) is 19.3 Å². The summed E-state index contributed by atoms with van der Waals surface area (Å²) in [5.41, 5.74) is 1.02. The molecule has 1 aromatic rings. The summed E-state index contributed by atoms with van der Waals surface area (Å²) in [7, 11) is 0. The van der Waals surface area contributed by atoms with Crippen LogP contribution in [0.5, 0.6) is 0 Å². The van der Waals surface area contributed by atoms with Crippen molar-refractivity contribution in [1.82, 2.24) is 5.32 Å². The van der Waals surface area contributed by atoms with Gasteiger partial charge in [-0.05, 0) is 24.5 Å². The summed E-state index contributed by atoms with van der Waals surface area (Å²) in [5.74, 6) is -0.980. The van der Waals surface area contributed by atoms with E-state index in [0.717, 1.165) is 5.56 Å². The predicted octanol–water partition coefficient (Wildman–Crippen LogP) is 2.01. The van der Waals surface area contributed by atoms with Crippen molar-refractivity contribution < 1.29 is 14.7 Å². The summed E-state index contributed by atoms with van der Waals surface area (Å²) in [5, 5.41) is 11.7. The second-order valence-corrected chi connectivity index (χ2v) is 3.89. The zero-order valence-electron chi connectivity index (χ0n) is 10.2. The molecule has 0 aromatic heterocycles. The molecule has 1 amide bonds. The number of carboxylic acids is 1. The Labute approximate surface area is 106 Å². The average molecular weight is 247 g/mol. The normalized spacial score (nSPS) is 9.78. The number of carboxylic acid groups (broad SMARTS) is 1. The lowest BCUT2D eigenvalue weighted by molar-refractivity contribution is -0.120. The lowest BCUT2D eigenvalue weighted by Crippen LogP contribution is -2.25. The van der Waals surface area contributed by atoms with Crippen molar-refractivity contribution in [2.75, 3.05) is 6.54 Å². The van der Waals surface area contributed by atoms with Gasteiger partial charge in [-0.15, -0.1) is 6.58 Å². The summed E-state index contributed by atoms with van der Waals surface area (Å²) in [4.78, 5) is 22.3. The second kappa shape index (κ2) is 7.27. The number of hydrogen-bond acceptors (Lipinski definition) is 2. The van der Waals surface area contributed by atoms with E-state index in [-0.39, 0.29) is 11.5 Å². The topological polar surface area (TPSA) is 66.4 Å². The Hall–Kier alpha value is -2.10.